The van der Waals surface area contributed by atoms with E-state index in [4.69, 9.17) is 16.7 Å². The summed E-state index contributed by atoms with van der Waals surface area (Å²) in [6.07, 6.45) is -15.6. The van der Waals surface area contributed by atoms with E-state index in [2.05, 4.69) is 9.72 Å². The van der Waals surface area contributed by atoms with Crippen molar-refractivity contribution in [3.05, 3.63) is 22.8 Å². The highest BCUT2D eigenvalue weighted by Crippen LogP contribution is 2.36. The largest absolute Gasteiger partial charge is 0.476 e. The van der Waals surface area contributed by atoms with Crippen molar-refractivity contribution in [1.29, 1.82) is 0 Å². The lowest BCUT2D eigenvalue weighted by Gasteiger charge is -2.23. The van der Waals surface area contributed by atoms with Crippen molar-refractivity contribution in [2.45, 2.75) is 18.5 Å². The Bertz CT molecular complexity index is 501. The van der Waals surface area contributed by atoms with Crippen molar-refractivity contribution in [1.82, 2.24) is 4.98 Å². The molecular weight excluding hydrogens is 320 g/mol. The zero-order valence-electron chi connectivity index (χ0n) is 9.09. The molecule has 0 spiro atoms. The summed E-state index contributed by atoms with van der Waals surface area (Å²) >= 11 is 5.36. The Morgan fingerprint density at radius 1 is 1.20 bits per heavy atom. The van der Waals surface area contributed by atoms with Gasteiger partial charge in [-0.3, -0.25) is 0 Å². The Morgan fingerprint density at radius 3 is 2.10 bits per heavy atom. The summed E-state index contributed by atoms with van der Waals surface area (Å²) < 4.78 is 77.1. The molecule has 0 radical (unpaired) electrons. The lowest BCUT2D eigenvalue weighted by molar-refractivity contribution is -0.300. The number of aromatic carboxylic acids is 1. The molecule has 0 aromatic carbocycles. The number of alkyl halides is 6. The van der Waals surface area contributed by atoms with Crippen LogP contribution in [0.5, 0.6) is 5.88 Å². The summed E-state index contributed by atoms with van der Waals surface area (Å²) in [6.45, 7) is 0. The van der Waals surface area contributed by atoms with Crippen LogP contribution in [0.2, 0.25) is 5.02 Å². The lowest BCUT2D eigenvalue weighted by Crippen LogP contribution is -2.46. The average molecular weight is 324 g/mol. The van der Waals surface area contributed by atoms with Crippen LogP contribution in [0, 0.1) is 0 Å². The van der Waals surface area contributed by atoms with Crippen molar-refractivity contribution >= 4 is 17.6 Å². The van der Waals surface area contributed by atoms with E-state index in [9.17, 15) is 31.1 Å². The molecule has 0 aliphatic heterocycles. The third-order valence-electron chi connectivity index (χ3n) is 1.86. The average Bonchev–Trinajstić information content (AvgIpc) is 2.24. The molecule has 0 aliphatic rings. The molecule has 0 atom stereocenters. The number of ether oxygens (including phenoxy) is 1. The molecule has 1 N–H and O–H groups in total. The zero-order chi connectivity index (χ0) is 15.7. The van der Waals surface area contributed by atoms with Crippen molar-refractivity contribution in [3.8, 4) is 5.88 Å². The fourth-order valence-electron chi connectivity index (χ4n) is 1.08. The summed E-state index contributed by atoms with van der Waals surface area (Å²) in [5.41, 5.74) is -0.924. The maximum Gasteiger partial charge on any atom is 0.434 e. The first-order valence-electron chi connectivity index (χ1n) is 4.63. The van der Waals surface area contributed by atoms with Gasteiger partial charge in [-0.2, -0.15) is 26.3 Å². The van der Waals surface area contributed by atoms with Crippen molar-refractivity contribution < 1.29 is 41.0 Å². The van der Waals surface area contributed by atoms with Gasteiger partial charge in [0.2, 0.25) is 5.88 Å². The first-order valence-corrected chi connectivity index (χ1v) is 5.00. The topological polar surface area (TPSA) is 59.4 Å². The van der Waals surface area contributed by atoms with Gasteiger partial charge in [0.05, 0.1) is 5.02 Å². The molecule has 0 fully saturated rings. The first kappa shape index (κ1) is 16.3. The maximum absolute atomic E-state index is 12.2. The molecule has 1 rings (SSSR count). The minimum absolute atomic E-state index is 0.458. The predicted molar refractivity (Wildman–Crippen MR) is 52.7 cm³/mol. The van der Waals surface area contributed by atoms with Crippen LogP contribution in [0.25, 0.3) is 0 Å². The molecular formula is C9H4ClF6NO3. The summed E-state index contributed by atoms with van der Waals surface area (Å²) in [4.78, 5) is 13.6. The standard InChI is InChI=1S/C9H4ClF6NO3/c10-3-1-2-4(17-5(3)6(18)19)20-7(8(11,12)13)9(14,15)16/h1-2,7H,(H,18,19). The second-order valence-electron chi connectivity index (χ2n) is 3.37. The molecule has 0 saturated carbocycles. The van der Waals surface area contributed by atoms with Gasteiger partial charge in [0, 0.05) is 6.07 Å². The number of hydrogen-bond acceptors (Lipinski definition) is 3. The van der Waals surface area contributed by atoms with E-state index in [1.165, 1.54) is 0 Å². The third kappa shape index (κ3) is 3.89. The number of carboxylic acid groups (broad SMARTS) is 1. The molecule has 11 heteroatoms. The fraction of sp³-hybridized carbons (Fsp3) is 0.333. The summed E-state index contributed by atoms with van der Waals surface area (Å²) in [5.74, 6) is -2.89. The highest BCUT2D eigenvalue weighted by molar-refractivity contribution is 6.33. The molecule has 1 heterocycles. The number of hydrogen-bond donors (Lipinski definition) is 1. The number of nitrogens with zero attached hydrogens (tertiary/aromatic N) is 1. The SMILES string of the molecule is O=C(O)c1nc(OC(C(F)(F)F)C(F)(F)F)ccc1Cl. The van der Waals surface area contributed by atoms with Crippen LogP contribution in [0.15, 0.2) is 12.1 Å². The number of pyridine rings is 1. The van der Waals surface area contributed by atoms with Gasteiger partial charge in [-0.25, -0.2) is 9.78 Å². The third-order valence-corrected chi connectivity index (χ3v) is 2.16. The fourth-order valence-corrected chi connectivity index (χ4v) is 1.27. The van der Waals surface area contributed by atoms with Crippen molar-refractivity contribution in [2.75, 3.05) is 0 Å². The Balaban J connectivity index is 3.13. The van der Waals surface area contributed by atoms with Gasteiger partial charge in [0.1, 0.15) is 0 Å². The van der Waals surface area contributed by atoms with Crippen molar-refractivity contribution in [3.63, 3.8) is 0 Å². The van der Waals surface area contributed by atoms with E-state index < -0.39 is 41.0 Å². The van der Waals surface area contributed by atoms with Gasteiger partial charge in [-0.1, -0.05) is 11.6 Å². The van der Waals surface area contributed by atoms with Crippen molar-refractivity contribution in [2.24, 2.45) is 0 Å². The van der Waals surface area contributed by atoms with E-state index in [-0.39, 0.29) is 0 Å². The highest BCUT2D eigenvalue weighted by atomic mass is 35.5. The van der Waals surface area contributed by atoms with Gasteiger partial charge in [-0.05, 0) is 6.07 Å². The quantitative estimate of drug-likeness (QED) is 0.867. The number of aromatic nitrogens is 1. The minimum atomic E-state index is -5.73. The Labute approximate surface area is 111 Å². The monoisotopic (exact) mass is 323 g/mol. The Kier molecular flexibility index (Phi) is 4.37. The number of halogens is 7. The zero-order valence-corrected chi connectivity index (χ0v) is 9.84. The number of carbonyl (C=O) groups is 1. The van der Waals surface area contributed by atoms with Crippen LogP contribution < -0.4 is 4.74 Å². The Morgan fingerprint density at radius 2 is 1.70 bits per heavy atom. The molecule has 1 aromatic rings. The van der Waals surface area contributed by atoms with Crippen LogP contribution in [0.3, 0.4) is 0 Å². The molecule has 0 unspecified atom stereocenters. The van der Waals surface area contributed by atoms with E-state index in [1.54, 1.807) is 0 Å². The highest BCUT2D eigenvalue weighted by Gasteiger charge is 2.59. The molecule has 112 valence electrons. The molecule has 0 aliphatic carbocycles. The number of rotatable bonds is 3. The van der Waals surface area contributed by atoms with Crippen LogP contribution in [0.4, 0.5) is 26.3 Å². The predicted octanol–water partition coefficient (Wildman–Crippen LogP) is 3.31. The maximum atomic E-state index is 12.2. The van der Waals surface area contributed by atoms with Crippen LogP contribution in [-0.4, -0.2) is 34.5 Å². The second-order valence-corrected chi connectivity index (χ2v) is 3.77. The molecule has 1 aromatic heterocycles. The van der Waals surface area contributed by atoms with E-state index in [0.717, 1.165) is 6.07 Å². The molecule has 0 amide bonds. The molecule has 4 nitrogen and oxygen atoms in total. The van der Waals surface area contributed by atoms with E-state index in [0.29, 0.717) is 6.07 Å². The smallest absolute Gasteiger partial charge is 0.434 e. The van der Waals surface area contributed by atoms with Gasteiger partial charge >= 0.3 is 18.3 Å². The van der Waals surface area contributed by atoms with E-state index >= 15 is 0 Å². The number of carboxylic acids is 1. The van der Waals surface area contributed by atoms with Gasteiger partial charge in [-0.15, -0.1) is 0 Å². The summed E-state index contributed by atoms with van der Waals surface area (Å²) in [6, 6.07) is 1.36. The molecule has 20 heavy (non-hydrogen) atoms. The molecule has 0 saturated heterocycles. The van der Waals surface area contributed by atoms with Gasteiger partial charge in [0.15, 0.2) is 5.69 Å². The lowest BCUT2D eigenvalue weighted by atomic mass is 10.3. The molecule has 0 bridgehead atoms. The Hall–Kier alpha value is -1.71. The second kappa shape index (κ2) is 5.35. The minimum Gasteiger partial charge on any atom is -0.476 e. The van der Waals surface area contributed by atoms with E-state index in [1.807, 2.05) is 0 Å². The van der Waals surface area contributed by atoms with Crippen LogP contribution in [0.1, 0.15) is 10.5 Å². The van der Waals surface area contributed by atoms with Gasteiger partial charge in [0.25, 0.3) is 6.10 Å². The normalized spacial score (nSPS) is 12.6. The first-order chi connectivity index (χ1) is 8.93. The van der Waals surface area contributed by atoms with Gasteiger partial charge < -0.3 is 9.84 Å². The van der Waals surface area contributed by atoms with Crippen LogP contribution >= 0.6 is 11.6 Å². The summed E-state index contributed by atoms with van der Waals surface area (Å²) in [5, 5.41) is 8.14. The summed E-state index contributed by atoms with van der Waals surface area (Å²) in [7, 11) is 0. The van der Waals surface area contributed by atoms with Crippen LogP contribution in [-0.2, 0) is 0 Å².